The monoisotopic (exact) mass is 1040 g/mol. The Labute approximate surface area is 438 Å². The molecule has 0 amide bonds. The Balaban J connectivity index is 0.607. The van der Waals surface area contributed by atoms with Gasteiger partial charge in [-0.25, -0.2) is 0 Å². The van der Waals surface area contributed by atoms with Gasteiger partial charge in [0.1, 0.15) is 11.5 Å². The van der Waals surface area contributed by atoms with Gasteiger partial charge in [0, 0.05) is 121 Å². The molecule has 74 heavy (non-hydrogen) atoms. The first-order valence-corrected chi connectivity index (χ1v) is 27.8. The molecular weight excluding hydrogens is 973 g/mol. The van der Waals surface area contributed by atoms with E-state index in [0.717, 1.165) is 102 Å². The van der Waals surface area contributed by atoms with Gasteiger partial charge >= 0.3 is 11.9 Å². The molecule has 2 aliphatic rings. The molecule has 0 bridgehead atoms. The number of carbonyl (C=O) groups excluding carboxylic acids is 2. The van der Waals surface area contributed by atoms with Crippen molar-refractivity contribution in [1.29, 1.82) is 0 Å². The zero-order chi connectivity index (χ0) is 50.6. The zero-order valence-electron chi connectivity index (χ0n) is 41.9. The maximum Gasteiger partial charge on any atom is 0.307 e. The Morgan fingerprint density at radius 2 is 0.905 bits per heavy atom. The number of hydrogen-bond acceptors (Lipinski definition) is 14. The molecule has 0 saturated carbocycles. The number of benzene rings is 4. The first-order valence-electron chi connectivity index (χ1n) is 26.0. The minimum atomic E-state index is -0.478. The van der Waals surface area contributed by atoms with E-state index in [9.17, 15) is 19.2 Å². The summed E-state index contributed by atoms with van der Waals surface area (Å²) in [6, 6.07) is 35.3. The van der Waals surface area contributed by atoms with E-state index in [-0.39, 0.29) is 37.4 Å². The van der Waals surface area contributed by atoms with E-state index < -0.39 is 11.9 Å². The van der Waals surface area contributed by atoms with Crippen molar-refractivity contribution < 1.29 is 28.5 Å². The Bertz CT molecular complexity index is 3100. The SMILES string of the molecule is O=C(CCCCC(=O)OCn1c(=O)ccc2ccc(OCCCCN3CCN(c4cccc5sccc45)CC3)cc21)OCn1c(=O)ccc2ccc(OCCCCN3CCN(c4cccc5sccc45)CC3)cc21. The van der Waals surface area contributed by atoms with Crippen LogP contribution in [-0.4, -0.2) is 110 Å². The summed E-state index contributed by atoms with van der Waals surface area (Å²) >= 11 is 3.58. The molecule has 0 unspecified atom stereocenters. The van der Waals surface area contributed by atoms with Crippen LogP contribution >= 0.6 is 22.7 Å². The fourth-order valence-corrected chi connectivity index (χ4v) is 11.7. The van der Waals surface area contributed by atoms with Crippen molar-refractivity contribution in [3.05, 3.63) is 141 Å². The number of carbonyl (C=O) groups is 2. The molecule has 0 aliphatic carbocycles. The smallest absolute Gasteiger partial charge is 0.307 e. The molecule has 2 fully saturated rings. The number of hydrogen-bond donors (Lipinski definition) is 0. The van der Waals surface area contributed by atoms with Gasteiger partial charge in [0.15, 0.2) is 13.5 Å². The third-order valence-corrected chi connectivity index (χ3v) is 16.1. The lowest BCUT2D eigenvalue weighted by atomic mass is 10.2. The summed E-state index contributed by atoms with van der Waals surface area (Å²) < 4.78 is 28.9. The van der Waals surface area contributed by atoms with Crippen molar-refractivity contribution in [3.8, 4) is 11.5 Å². The van der Waals surface area contributed by atoms with Crippen LogP contribution in [0.5, 0.6) is 11.5 Å². The minimum Gasteiger partial charge on any atom is -0.494 e. The summed E-state index contributed by atoms with van der Waals surface area (Å²) in [5.41, 5.74) is 3.32. The quantitative estimate of drug-likeness (QED) is 0.0447. The number of rotatable bonds is 23. The number of anilines is 2. The summed E-state index contributed by atoms with van der Waals surface area (Å²) in [7, 11) is 0. The van der Waals surface area contributed by atoms with Gasteiger partial charge in [0.05, 0.1) is 24.2 Å². The van der Waals surface area contributed by atoms with E-state index in [0.29, 0.717) is 48.6 Å². The molecule has 0 spiro atoms. The van der Waals surface area contributed by atoms with Gasteiger partial charge in [-0.2, -0.15) is 0 Å². The molecule has 2 saturated heterocycles. The molecule has 16 heteroatoms. The molecule has 386 valence electrons. The lowest BCUT2D eigenvalue weighted by Gasteiger charge is -2.36. The second kappa shape index (κ2) is 24.5. The molecule has 0 N–H and O–H groups in total. The van der Waals surface area contributed by atoms with Crippen LogP contribution in [0.3, 0.4) is 0 Å². The highest BCUT2D eigenvalue weighted by molar-refractivity contribution is 7.17. The molecule has 4 aromatic heterocycles. The predicted molar refractivity (Wildman–Crippen MR) is 297 cm³/mol. The second-order valence-electron chi connectivity index (χ2n) is 19.1. The molecule has 2 aliphatic heterocycles. The molecule has 0 radical (unpaired) electrons. The van der Waals surface area contributed by atoms with E-state index in [1.807, 2.05) is 36.4 Å². The van der Waals surface area contributed by atoms with E-state index in [4.69, 9.17) is 18.9 Å². The number of unbranched alkanes of at least 4 members (excludes halogenated alkanes) is 3. The van der Waals surface area contributed by atoms with Crippen LogP contribution in [0.1, 0.15) is 51.4 Å². The number of esters is 2. The van der Waals surface area contributed by atoms with Crippen molar-refractivity contribution in [2.75, 3.05) is 88.5 Å². The standard InChI is InChI=1S/C58H64N6O8S2/c65-55-21-17-43-15-19-45(69-35-5-3-25-59-27-31-61(32-28-59)49-9-7-11-53-47(49)23-37-73-53)39-51(43)63(55)41-71-57(67)13-1-2-14-58(68)72-42-64-52-40-46(20-16-44(52)18-22-56(64)66)70-36-6-4-26-60-29-33-62(34-30-60)50-10-8-12-54-48(50)24-38-74-54/h7-12,15-24,37-40H,1-6,13-14,25-36,41-42H2. The molecule has 10 rings (SSSR count). The highest BCUT2D eigenvalue weighted by atomic mass is 32.1. The molecule has 14 nitrogen and oxygen atoms in total. The minimum absolute atomic E-state index is 0.0682. The maximum absolute atomic E-state index is 13.0. The van der Waals surface area contributed by atoms with Gasteiger partial charge in [0.2, 0.25) is 0 Å². The van der Waals surface area contributed by atoms with Gasteiger partial charge in [-0.15, -0.1) is 22.7 Å². The second-order valence-corrected chi connectivity index (χ2v) is 21.0. The van der Waals surface area contributed by atoms with E-state index in [1.54, 1.807) is 34.8 Å². The Kier molecular flexibility index (Phi) is 16.8. The molecule has 4 aromatic carbocycles. The summed E-state index contributed by atoms with van der Waals surface area (Å²) in [6.07, 6.45) is 4.76. The topological polar surface area (TPSA) is 128 Å². The third-order valence-electron chi connectivity index (χ3n) is 14.3. The van der Waals surface area contributed by atoms with Crippen molar-refractivity contribution in [2.45, 2.75) is 64.8 Å². The highest BCUT2D eigenvalue weighted by Crippen LogP contribution is 2.33. The van der Waals surface area contributed by atoms with Crippen molar-refractivity contribution >= 4 is 88.0 Å². The number of fused-ring (bicyclic) bond motifs is 4. The van der Waals surface area contributed by atoms with Crippen molar-refractivity contribution in [1.82, 2.24) is 18.9 Å². The average molecular weight is 1040 g/mol. The van der Waals surface area contributed by atoms with Crippen LogP contribution in [-0.2, 0) is 32.5 Å². The summed E-state index contributed by atoms with van der Waals surface area (Å²) in [6.45, 7) is 10.9. The van der Waals surface area contributed by atoms with Crippen LogP contribution in [0.25, 0.3) is 42.0 Å². The van der Waals surface area contributed by atoms with Crippen LogP contribution in [0.2, 0.25) is 0 Å². The summed E-state index contributed by atoms with van der Waals surface area (Å²) in [4.78, 5) is 61.6. The van der Waals surface area contributed by atoms with E-state index in [2.05, 4.69) is 78.9 Å². The van der Waals surface area contributed by atoms with Gasteiger partial charge < -0.3 is 28.7 Å². The molecule has 6 heterocycles. The molecule has 0 atom stereocenters. The molecule has 8 aromatic rings. The number of pyridine rings is 2. The summed E-state index contributed by atoms with van der Waals surface area (Å²) in [5.74, 6) is 0.343. The van der Waals surface area contributed by atoms with Crippen molar-refractivity contribution in [2.24, 2.45) is 0 Å². The third kappa shape index (κ3) is 12.6. The lowest BCUT2D eigenvalue weighted by molar-refractivity contribution is -0.149. The number of nitrogens with zero attached hydrogens (tertiary/aromatic N) is 6. The fraction of sp³-hybridized carbons (Fsp3) is 0.379. The van der Waals surface area contributed by atoms with E-state index in [1.165, 1.54) is 52.8 Å². The Hall–Kier alpha value is -6.72. The first kappa shape index (κ1) is 50.8. The largest absolute Gasteiger partial charge is 0.494 e. The van der Waals surface area contributed by atoms with Crippen LogP contribution in [0.4, 0.5) is 11.4 Å². The van der Waals surface area contributed by atoms with Crippen LogP contribution in [0.15, 0.2) is 130 Å². The maximum atomic E-state index is 13.0. The Morgan fingerprint density at radius 3 is 1.35 bits per heavy atom. The van der Waals surface area contributed by atoms with Crippen LogP contribution in [0, 0.1) is 0 Å². The van der Waals surface area contributed by atoms with Gasteiger partial charge in [-0.3, -0.25) is 38.1 Å². The number of piperazine rings is 2. The van der Waals surface area contributed by atoms with E-state index >= 15 is 0 Å². The molecular formula is C58H64N6O8S2. The fourth-order valence-electron chi connectivity index (χ4n) is 10.1. The first-order chi connectivity index (χ1) is 36.3. The lowest BCUT2D eigenvalue weighted by Crippen LogP contribution is -2.46. The highest BCUT2D eigenvalue weighted by Gasteiger charge is 2.21. The van der Waals surface area contributed by atoms with Gasteiger partial charge in [-0.1, -0.05) is 12.1 Å². The average Bonchev–Trinajstić information content (AvgIpc) is 4.13. The van der Waals surface area contributed by atoms with Gasteiger partial charge in [-0.05, 0) is 146 Å². The summed E-state index contributed by atoms with van der Waals surface area (Å²) in [5, 5.41) is 8.67. The number of aromatic nitrogens is 2. The number of thiophene rings is 2. The predicted octanol–water partition coefficient (Wildman–Crippen LogP) is 9.97. The van der Waals surface area contributed by atoms with Crippen LogP contribution < -0.4 is 30.4 Å². The Morgan fingerprint density at radius 1 is 0.473 bits per heavy atom. The van der Waals surface area contributed by atoms with Gasteiger partial charge in [0.25, 0.3) is 11.1 Å². The number of ether oxygens (including phenoxy) is 4. The normalized spacial score (nSPS) is 14.6. The van der Waals surface area contributed by atoms with Crippen molar-refractivity contribution in [3.63, 3.8) is 0 Å². The zero-order valence-corrected chi connectivity index (χ0v) is 43.5.